The monoisotopic (exact) mass is 287 g/mol. The van der Waals surface area contributed by atoms with Crippen LogP contribution in [0.4, 0.5) is 0 Å². The van der Waals surface area contributed by atoms with Crippen molar-refractivity contribution in [2.75, 3.05) is 0 Å². The highest BCUT2D eigenvalue weighted by atomic mass is 16.3. The predicted octanol–water partition coefficient (Wildman–Crippen LogP) is 2.01. The number of likely N-dealkylation sites (tertiary alicyclic amines) is 1. The van der Waals surface area contributed by atoms with Crippen LogP contribution in [-0.2, 0) is 15.0 Å². The molecule has 1 saturated carbocycles. The van der Waals surface area contributed by atoms with Gasteiger partial charge in [-0.3, -0.25) is 14.5 Å². The van der Waals surface area contributed by atoms with E-state index in [9.17, 15) is 14.7 Å². The average Bonchev–Trinajstić information content (AvgIpc) is 2.72. The van der Waals surface area contributed by atoms with Crippen LogP contribution in [0.3, 0.4) is 0 Å². The molecule has 3 unspecified atom stereocenters. The van der Waals surface area contributed by atoms with Crippen LogP contribution in [0.2, 0.25) is 0 Å². The Balaban J connectivity index is 1.92. The summed E-state index contributed by atoms with van der Waals surface area (Å²) in [5.41, 5.74) is 0.0753. The van der Waals surface area contributed by atoms with E-state index in [4.69, 9.17) is 0 Å². The fourth-order valence-electron chi connectivity index (χ4n) is 3.60. The number of amides is 2. The summed E-state index contributed by atoms with van der Waals surface area (Å²) in [5.74, 6) is -0.318. The Morgan fingerprint density at radius 2 is 1.81 bits per heavy atom. The molecule has 1 heterocycles. The van der Waals surface area contributed by atoms with Crippen LogP contribution in [0.15, 0.2) is 30.3 Å². The molecule has 2 aliphatic rings. The van der Waals surface area contributed by atoms with E-state index in [1.54, 1.807) is 0 Å². The zero-order valence-electron chi connectivity index (χ0n) is 12.3. The van der Waals surface area contributed by atoms with Crippen LogP contribution < -0.4 is 0 Å². The third kappa shape index (κ3) is 2.27. The summed E-state index contributed by atoms with van der Waals surface area (Å²) in [5, 5.41) is 10.2. The fraction of sp³-hybridized carbons (Fsp3) is 0.529. The van der Waals surface area contributed by atoms with E-state index in [0.29, 0.717) is 12.8 Å². The van der Waals surface area contributed by atoms with Crippen molar-refractivity contribution in [1.82, 2.24) is 4.90 Å². The van der Waals surface area contributed by atoms with Gasteiger partial charge in [0.1, 0.15) is 0 Å². The SMILES string of the molecule is CC1(c2ccccc2)CC(=O)N(C2CCCCC2O)C1=O. The molecule has 2 fully saturated rings. The summed E-state index contributed by atoms with van der Waals surface area (Å²) in [6.07, 6.45) is 2.92. The van der Waals surface area contributed by atoms with Crippen LogP contribution in [-0.4, -0.2) is 34.0 Å². The minimum Gasteiger partial charge on any atom is -0.391 e. The molecule has 0 aromatic heterocycles. The molecule has 1 aromatic carbocycles. The lowest BCUT2D eigenvalue weighted by atomic mass is 9.81. The molecule has 0 bridgehead atoms. The number of hydrogen-bond acceptors (Lipinski definition) is 3. The highest BCUT2D eigenvalue weighted by molar-refractivity contribution is 6.09. The number of imide groups is 1. The number of rotatable bonds is 2. The van der Waals surface area contributed by atoms with E-state index in [0.717, 1.165) is 18.4 Å². The summed E-state index contributed by atoms with van der Waals surface area (Å²) < 4.78 is 0. The van der Waals surface area contributed by atoms with Crippen molar-refractivity contribution < 1.29 is 14.7 Å². The van der Waals surface area contributed by atoms with Crippen LogP contribution >= 0.6 is 0 Å². The molecule has 3 rings (SSSR count). The third-order valence-electron chi connectivity index (χ3n) is 4.90. The van der Waals surface area contributed by atoms with Gasteiger partial charge in [0.15, 0.2) is 0 Å². The molecular formula is C17H21NO3. The Morgan fingerprint density at radius 1 is 1.14 bits per heavy atom. The second kappa shape index (κ2) is 5.26. The maximum absolute atomic E-state index is 12.9. The molecule has 21 heavy (non-hydrogen) atoms. The van der Waals surface area contributed by atoms with Crippen LogP contribution in [0, 0.1) is 0 Å². The first-order valence-corrected chi connectivity index (χ1v) is 7.64. The lowest BCUT2D eigenvalue weighted by Crippen LogP contribution is -2.50. The molecule has 2 amide bonds. The highest BCUT2D eigenvalue weighted by Crippen LogP contribution is 2.39. The first kappa shape index (κ1) is 14.3. The smallest absolute Gasteiger partial charge is 0.240 e. The highest BCUT2D eigenvalue weighted by Gasteiger charge is 2.52. The van der Waals surface area contributed by atoms with Gasteiger partial charge in [0.05, 0.1) is 17.6 Å². The quantitative estimate of drug-likeness (QED) is 0.847. The Kier molecular flexibility index (Phi) is 3.57. The number of nitrogens with zero attached hydrogens (tertiary/aromatic N) is 1. The molecule has 3 atom stereocenters. The molecule has 1 aromatic rings. The lowest BCUT2D eigenvalue weighted by Gasteiger charge is -2.35. The van der Waals surface area contributed by atoms with Gasteiger partial charge in [0.2, 0.25) is 11.8 Å². The van der Waals surface area contributed by atoms with Gasteiger partial charge in [-0.05, 0) is 25.3 Å². The summed E-state index contributed by atoms with van der Waals surface area (Å²) in [7, 11) is 0. The van der Waals surface area contributed by atoms with Gasteiger partial charge >= 0.3 is 0 Å². The fourth-order valence-corrected chi connectivity index (χ4v) is 3.60. The molecule has 112 valence electrons. The first-order chi connectivity index (χ1) is 10.0. The second-order valence-corrected chi connectivity index (χ2v) is 6.36. The third-order valence-corrected chi connectivity index (χ3v) is 4.90. The number of hydrogen-bond donors (Lipinski definition) is 1. The summed E-state index contributed by atoms with van der Waals surface area (Å²) >= 11 is 0. The van der Waals surface area contributed by atoms with Gasteiger partial charge in [-0.1, -0.05) is 43.2 Å². The van der Waals surface area contributed by atoms with Crippen molar-refractivity contribution in [3.05, 3.63) is 35.9 Å². The summed E-state index contributed by atoms with van der Waals surface area (Å²) in [6, 6.07) is 9.12. The molecule has 4 nitrogen and oxygen atoms in total. The Bertz CT molecular complexity index is 556. The van der Waals surface area contributed by atoms with E-state index < -0.39 is 11.5 Å². The van der Waals surface area contributed by atoms with Gasteiger partial charge in [-0.15, -0.1) is 0 Å². The Hall–Kier alpha value is -1.68. The molecule has 4 heteroatoms. The predicted molar refractivity (Wildman–Crippen MR) is 78.5 cm³/mol. The van der Waals surface area contributed by atoms with Crippen LogP contribution in [0.25, 0.3) is 0 Å². The second-order valence-electron chi connectivity index (χ2n) is 6.36. The first-order valence-electron chi connectivity index (χ1n) is 7.64. The molecule has 1 aliphatic heterocycles. The summed E-state index contributed by atoms with van der Waals surface area (Å²) in [6.45, 7) is 1.83. The van der Waals surface area contributed by atoms with Crippen molar-refractivity contribution in [1.29, 1.82) is 0 Å². The standard InChI is InChI=1S/C17H21NO3/c1-17(12-7-3-2-4-8-12)11-15(20)18(16(17)21)13-9-5-6-10-14(13)19/h2-4,7-8,13-14,19H,5-6,9-11H2,1H3. The van der Waals surface area contributed by atoms with E-state index in [1.165, 1.54) is 4.90 Å². The molecule has 1 aliphatic carbocycles. The summed E-state index contributed by atoms with van der Waals surface area (Å²) in [4.78, 5) is 26.6. The number of benzene rings is 1. The van der Waals surface area contributed by atoms with Gasteiger partial charge < -0.3 is 5.11 Å². The molecule has 0 spiro atoms. The molecule has 1 N–H and O–H groups in total. The van der Waals surface area contributed by atoms with Gasteiger partial charge in [-0.25, -0.2) is 0 Å². The topological polar surface area (TPSA) is 57.6 Å². The number of carbonyl (C=O) groups is 2. The minimum absolute atomic E-state index is 0.155. The average molecular weight is 287 g/mol. The van der Waals surface area contributed by atoms with Crippen molar-refractivity contribution in [3.63, 3.8) is 0 Å². The molecule has 0 radical (unpaired) electrons. The number of aliphatic hydroxyl groups is 1. The number of carbonyl (C=O) groups excluding carboxylic acids is 2. The maximum atomic E-state index is 12.9. The van der Waals surface area contributed by atoms with E-state index in [1.807, 2.05) is 37.3 Å². The lowest BCUT2D eigenvalue weighted by molar-refractivity contribution is -0.146. The van der Waals surface area contributed by atoms with Crippen molar-refractivity contribution in [3.8, 4) is 0 Å². The Labute approximate surface area is 124 Å². The van der Waals surface area contributed by atoms with E-state index >= 15 is 0 Å². The Morgan fingerprint density at radius 3 is 2.48 bits per heavy atom. The van der Waals surface area contributed by atoms with E-state index in [-0.39, 0.29) is 24.3 Å². The van der Waals surface area contributed by atoms with Crippen molar-refractivity contribution >= 4 is 11.8 Å². The van der Waals surface area contributed by atoms with Gasteiger partial charge in [0.25, 0.3) is 0 Å². The normalized spacial score (nSPS) is 33.5. The molecule has 1 saturated heterocycles. The van der Waals surface area contributed by atoms with Crippen LogP contribution in [0.5, 0.6) is 0 Å². The largest absolute Gasteiger partial charge is 0.391 e. The minimum atomic E-state index is -0.796. The van der Waals surface area contributed by atoms with Gasteiger partial charge in [-0.2, -0.15) is 0 Å². The number of aliphatic hydroxyl groups excluding tert-OH is 1. The zero-order valence-corrected chi connectivity index (χ0v) is 12.3. The van der Waals surface area contributed by atoms with Gasteiger partial charge in [0, 0.05) is 6.42 Å². The maximum Gasteiger partial charge on any atom is 0.240 e. The zero-order chi connectivity index (χ0) is 15.0. The van der Waals surface area contributed by atoms with Crippen molar-refractivity contribution in [2.24, 2.45) is 0 Å². The van der Waals surface area contributed by atoms with Crippen molar-refractivity contribution in [2.45, 2.75) is 56.6 Å². The van der Waals surface area contributed by atoms with E-state index in [2.05, 4.69) is 0 Å². The van der Waals surface area contributed by atoms with Crippen LogP contribution in [0.1, 0.15) is 44.6 Å². The molecular weight excluding hydrogens is 266 g/mol.